The van der Waals surface area contributed by atoms with Crippen LogP contribution in [0.4, 0.5) is 0 Å². The van der Waals surface area contributed by atoms with Crippen molar-refractivity contribution in [2.24, 2.45) is 0 Å². The van der Waals surface area contributed by atoms with E-state index in [4.69, 9.17) is 9.84 Å². The van der Waals surface area contributed by atoms with Crippen molar-refractivity contribution in [2.75, 3.05) is 6.61 Å². The van der Waals surface area contributed by atoms with Gasteiger partial charge in [0.1, 0.15) is 18.3 Å². The van der Waals surface area contributed by atoms with Gasteiger partial charge >= 0.3 is 0 Å². The van der Waals surface area contributed by atoms with Crippen molar-refractivity contribution in [1.29, 1.82) is 0 Å². The molecule has 6 heteroatoms. The van der Waals surface area contributed by atoms with Crippen LogP contribution in [0, 0.1) is 0 Å². The first-order valence-electron chi connectivity index (χ1n) is 5.04. The Morgan fingerprint density at radius 2 is 1.80 bits per heavy atom. The molecule has 5 N–H and O–H groups in total. The van der Waals surface area contributed by atoms with Crippen molar-refractivity contribution in [1.82, 2.24) is 5.32 Å². The third-order valence-corrected chi connectivity index (χ3v) is 2.43. The summed E-state index contributed by atoms with van der Waals surface area (Å²) in [5.74, 6) is 0. The average molecular weight is 221 g/mol. The van der Waals surface area contributed by atoms with E-state index in [1.807, 2.05) is 13.8 Å². The first-order chi connectivity index (χ1) is 6.97. The van der Waals surface area contributed by atoms with Gasteiger partial charge in [-0.25, -0.2) is 0 Å². The second-order valence-electron chi connectivity index (χ2n) is 4.08. The highest BCUT2D eigenvalue weighted by molar-refractivity contribution is 4.93. The van der Waals surface area contributed by atoms with Crippen LogP contribution in [0.5, 0.6) is 0 Å². The average Bonchev–Trinajstić information content (AvgIpc) is 2.18. The molecule has 0 aromatic carbocycles. The molecule has 15 heavy (non-hydrogen) atoms. The number of hydrogen-bond donors (Lipinski definition) is 5. The van der Waals surface area contributed by atoms with Crippen LogP contribution < -0.4 is 5.32 Å². The molecule has 0 aliphatic carbocycles. The number of aliphatic hydroxyl groups excluding tert-OH is 4. The summed E-state index contributed by atoms with van der Waals surface area (Å²) in [7, 11) is 0. The number of nitrogens with one attached hydrogen (secondary N) is 1. The maximum atomic E-state index is 9.69. The van der Waals surface area contributed by atoms with Gasteiger partial charge in [0.25, 0.3) is 0 Å². The highest BCUT2D eigenvalue weighted by Crippen LogP contribution is 2.19. The van der Waals surface area contributed by atoms with Crippen molar-refractivity contribution >= 4 is 0 Å². The predicted molar refractivity (Wildman–Crippen MR) is 52.0 cm³/mol. The van der Waals surface area contributed by atoms with E-state index in [0.717, 1.165) is 0 Å². The molecular weight excluding hydrogens is 202 g/mol. The standard InChI is InChI=1S/C9H19NO5/c1-4(2)10-6-8(13)7(12)5(3-11)15-9(6)14/h4-14H,3H2,1-2H3/t5?,6?,7-,8?,9+/m0/s1. The largest absolute Gasteiger partial charge is 0.394 e. The van der Waals surface area contributed by atoms with Gasteiger partial charge in [0.15, 0.2) is 6.29 Å². The lowest BCUT2D eigenvalue weighted by Gasteiger charge is -2.41. The first-order valence-corrected chi connectivity index (χ1v) is 5.04. The third kappa shape index (κ3) is 2.87. The second kappa shape index (κ2) is 5.20. The first kappa shape index (κ1) is 12.8. The van der Waals surface area contributed by atoms with Crippen LogP contribution >= 0.6 is 0 Å². The van der Waals surface area contributed by atoms with Crippen LogP contribution in [0.2, 0.25) is 0 Å². The van der Waals surface area contributed by atoms with Gasteiger partial charge < -0.3 is 30.5 Å². The fraction of sp³-hybridized carbons (Fsp3) is 1.00. The summed E-state index contributed by atoms with van der Waals surface area (Å²) in [5, 5.41) is 40.5. The summed E-state index contributed by atoms with van der Waals surface area (Å²) in [5.41, 5.74) is 0. The Bertz CT molecular complexity index is 201. The van der Waals surface area contributed by atoms with Gasteiger partial charge in [-0.15, -0.1) is 0 Å². The smallest absolute Gasteiger partial charge is 0.173 e. The van der Waals surface area contributed by atoms with Gasteiger partial charge in [0, 0.05) is 6.04 Å². The summed E-state index contributed by atoms with van der Waals surface area (Å²) >= 11 is 0. The minimum Gasteiger partial charge on any atom is -0.394 e. The van der Waals surface area contributed by atoms with Crippen LogP contribution in [0.25, 0.3) is 0 Å². The Kier molecular flexibility index (Phi) is 4.45. The van der Waals surface area contributed by atoms with E-state index in [1.165, 1.54) is 0 Å². The summed E-state index contributed by atoms with van der Waals surface area (Å²) in [6, 6.07) is -0.705. The van der Waals surface area contributed by atoms with Gasteiger partial charge in [-0.2, -0.15) is 0 Å². The molecule has 1 heterocycles. The molecule has 5 atom stereocenters. The molecule has 0 aromatic heterocycles. The SMILES string of the molecule is CC(C)NC1C(O)[C@@H](O)C(CO)O[C@H]1O. The van der Waals surface area contributed by atoms with Gasteiger partial charge in [-0.3, -0.25) is 0 Å². The monoisotopic (exact) mass is 221 g/mol. The molecule has 0 spiro atoms. The molecule has 1 aliphatic heterocycles. The van der Waals surface area contributed by atoms with Crippen LogP contribution in [-0.4, -0.2) is 63.7 Å². The molecule has 1 saturated heterocycles. The zero-order valence-electron chi connectivity index (χ0n) is 8.87. The lowest BCUT2D eigenvalue weighted by atomic mass is 9.96. The highest BCUT2D eigenvalue weighted by Gasteiger charge is 2.43. The lowest BCUT2D eigenvalue weighted by molar-refractivity contribution is -0.255. The van der Waals surface area contributed by atoms with Crippen LogP contribution in [0.3, 0.4) is 0 Å². The van der Waals surface area contributed by atoms with Crippen LogP contribution in [0.1, 0.15) is 13.8 Å². The molecule has 0 radical (unpaired) electrons. The normalized spacial score (nSPS) is 42.2. The van der Waals surface area contributed by atoms with E-state index in [1.54, 1.807) is 0 Å². The second-order valence-corrected chi connectivity index (χ2v) is 4.08. The Hall–Kier alpha value is -0.240. The van der Waals surface area contributed by atoms with Gasteiger partial charge in [0.2, 0.25) is 0 Å². The molecule has 0 bridgehead atoms. The Morgan fingerprint density at radius 3 is 2.27 bits per heavy atom. The van der Waals surface area contributed by atoms with Gasteiger partial charge in [-0.05, 0) is 0 Å². The van der Waals surface area contributed by atoms with E-state index in [-0.39, 0.29) is 6.04 Å². The molecule has 1 fully saturated rings. The quantitative estimate of drug-likeness (QED) is 0.370. The Balaban J connectivity index is 2.66. The molecule has 6 nitrogen and oxygen atoms in total. The Labute approximate surface area is 88.5 Å². The van der Waals surface area contributed by atoms with Crippen molar-refractivity contribution in [2.45, 2.75) is 50.5 Å². The topological polar surface area (TPSA) is 102 Å². The molecule has 0 saturated carbocycles. The van der Waals surface area contributed by atoms with Crippen molar-refractivity contribution in [3.8, 4) is 0 Å². The molecule has 90 valence electrons. The fourth-order valence-electron chi connectivity index (χ4n) is 1.66. The summed E-state index contributed by atoms with van der Waals surface area (Å²) in [4.78, 5) is 0. The zero-order chi connectivity index (χ0) is 11.6. The van der Waals surface area contributed by atoms with Crippen LogP contribution in [0.15, 0.2) is 0 Å². The summed E-state index contributed by atoms with van der Waals surface area (Å²) < 4.78 is 4.96. The van der Waals surface area contributed by atoms with Gasteiger partial charge in [0.05, 0.1) is 12.6 Å². The highest BCUT2D eigenvalue weighted by atomic mass is 16.6. The predicted octanol–water partition coefficient (Wildman–Crippen LogP) is -2.22. The summed E-state index contributed by atoms with van der Waals surface area (Å²) in [6.07, 6.45) is -4.54. The fourth-order valence-corrected chi connectivity index (χ4v) is 1.66. The molecular formula is C9H19NO5. The lowest BCUT2D eigenvalue weighted by Crippen LogP contribution is -2.64. The zero-order valence-corrected chi connectivity index (χ0v) is 8.87. The van der Waals surface area contributed by atoms with E-state index in [2.05, 4.69) is 5.32 Å². The van der Waals surface area contributed by atoms with Gasteiger partial charge in [-0.1, -0.05) is 13.8 Å². The molecule has 0 amide bonds. The van der Waals surface area contributed by atoms with E-state index >= 15 is 0 Å². The van der Waals surface area contributed by atoms with E-state index < -0.39 is 37.3 Å². The molecule has 0 aromatic rings. The van der Waals surface area contributed by atoms with Crippen molar-refractivity contribution in [3.05, 3.63) is 0 Å². The Morgan fingerprint density at radius 1 is 1.20 bits per heavy atom. The number of aliphatic hydroxyl groups is 4. The number of ether oxygens (including phenoxy) is 1. The number of hydrogen-bond acceptors (Lipinski definition) is 6. The minimum absolute atomic E-state index is 0.0424. The van der Waals surface area contributed by atoms with Crippen molar-refractivity contribution < 1.29 is 25.2 Å². The van der Waals surface area contributed by atoms with E-state index in [0.29, 0.717) is 0 Å². The van der Waals surface area contributed by atoms with E-state index in [9.17, 15) is 15.3 Å². The maximum absolute atomic E-state index is 9.69. The number of rotatable bonds is 3. The molecule has 1 rings (SSSR count). The maximum Gasteiger partial charge on any atom is 0.173 e. The van der Waals surface area contributed by atoms with Crippen LogP contribution in [-0.2, 0) is 4.74 Å². The van der Waals surface area contributed by atoms with Crippen molar-refractivity contribution in [3.63, 3.8) is 0 Å². The minimum atomic E-state index is -1.23. The third-order valence-electron chi connectivity index (χ3n) is 2.43. The summed E-state index contributed by atoms with van der Waals surface area (Å²) in [6.45, 7) is 3.26. The molecule has 3 unspecified atom stereocenters. The molecule has 1 aliphatic rings.